The predicted molar refractivity (Wildman–Crippen MR) is 81.1 cm³/mol. The number of hydrogen-bond donors (Lipinski definition) is 0. The Labute approximate surface area is 119 Å². The summed E-state index contributed by atoms with van der Waals surface area (Å²) in [4.78, 5) is 2.68. The second-order valence-electron chi connectivity index (χ2n) is 5.27. The molecule has 2 rings (SSSR count). The second kappa shape index (κ2) is 5.46. The molecule has 1 saturated carbocycles. The highest BCUT2D eigenvalue weighted by Crippen LogP contribution is 2.45. The van der Waals surface area contributed by atoms with Crippen LogP contribution in [0, 0.1) is 6.92 Å². The lowest BCUT2D eigenvalue weighted by atomic mass is 10.2. The van der Waals surface area contributed by atoms with Crippen LogP contribution >= 0.6 is 10.8 Å². The Balaban J connectivity index is 2.04. The molecule has 3 nitrogen and oxygen atoms in total. The van der Waals surface area contributed by atoms with Crippen LogP contribution < -0.4 is 0 Å². The van der Waals surface area contributed by atoms with Gasteiger partial charge in [-0.2, -0.15) is 0 Å². The first-order valence-electron chi connectivity index (χ1n) is 6.57. The largest absolute Gasteiger partial charge is 0.300 e. The van der Waals surface area contributed by atoms with Crippen LogP contribution in [0.1, 0.15) is 25.3 Å². The number of rotatable bonds is 6. The molecule has 0 amide bonds. The third kappa shape index (κ3) is 3.33. The van der Waals surface area contributed by atoms with Crippen molar-refractivity contribution in [3.05, 3.63) is 29.8 Å². The highest BCUT2D eigenvalue weighted by Gasteiger charge is 2.46. The average molecular weight is 299 g/mol. The Kier molecular flexibility index (Phi) is 4.28. The van der Waals surface area contributed by atoms with Crippen LogP contribution in [0.5, 0.6) is 0 Å². The monoisotopic (exact) mass is 299 g/mol. The van der Waals surface area contributed by atoms with Gasteiger partial charge >= 0.3 is 0 Å². The van der Waals surface area contributed by atoms with Gasteiger partial charge in [-0.3, -0.25) is 0 Å². The number of benzene rings is 1. The molecule has 0 spiro atoms. The zero-order chi connectivity index (χ0) is 14.1. The molecule has 19 heavy (non-hydrogen) atoms. The molecule has 5 heteroatoms. The Morgan fingerprint density at radius 1 is 1.26 bits per heavy atom. The average Bonchev–Trinajstić information content (AvgIpc) is 3.17. The molecule has 0 radical (unpaired) electrons. The maximum absolute atomic E-state index is 12.3. The first-order valence-corrected chi connectivity index (χ1v) is 9.55. The lowest BCUT2D eigenvalue weighted by Crippen LogP contribution is -2.36. The summed E-state index contributed by atoms with van der Waals surface area (Å²) in [5.41, 5.74) is 1.19. The number of aryl methyl sites for hydroxylation is 1. The molecular formula is C14H21NO2S2. The molecule has 0 atom stereocenters. The summed E-state index contributed by atoms with van der Waals surface area (Å²) < 4.78 is 24.5. The van der Waals surface area contributed by atoms with Crippen molar-refractivity contribution in [2.24, 2.45) is 0 Å². The molecule has 1 aromatic carbocycles. The molecule has 0 unspecified atom stereocenters. The molecule has 0 N–H and O–H groups in total. The Morgan fingerprint density at radius 2 is 1.84 bits per heavy atom. The molecule has 1 fully saturated rings. The van der Waals surface area contributed by atoms with E-state index in [2.05, 4.69) is 18.9 Å². The zero-order valence-electron chi connectivity index (χ0n) is 11.7. The molecule has 1 aromatic rings. The van der Waals surface area contributed by atoms with Gasteiger partial charge in [0.05, 0.1) is 4.90 Å². The first-order chi connectivity index (χ1) is 8.89. The summed E-state index contributed by atoms with van der Waals surface area (Å²) in [5.74, 6) is 0.660. The Hall–Kier alpha value is -0.520. The van der Waals surface area contributed by atoms with E-state index in [4.69, 9.17) is 0 Å². The van der Waals surface area contributed by atoms with E-state index < -0.39 is 8.87 Å². The van der Waals surface area contributed by atoms with Gasteiger partial charge in [-0.25, -0.2) is 8.42 Å². The smallest absolute Gasteiger partial charge is 0.230 e. The normalized spacial score (nSPS) is 17.7. The molecule has 0 bridgehead atoms. The standard InChI is InChI=1S/C14H21NO2S2/c1-4-15(3)14(9-10-14)11-18-19(16,17)13-7-5-12(2)6-8-13/h5-8H,4,9-11H2,1-3H3. The van der Waals surface area contributed by atoms with Crippen LogP contribution in [0.25, 0.3) is 0 Å². The maximum atomic E-state index is 12.3. The Bertz CT molecular complexity index is 533. The highest BCUT2D eigenvalue weighted by atomic mass is 33.1. The van der Waals surface area contributed by atoms with Gasteiger partial charge in [-0.1, -0.05) is 24.6 Å². The molecule has 0 saturated heterocycles. The first kappa shape index (κ1) is 14.9. The van der Waals surface area contributed by atoms with Crippen molar-refractivity contribution in [3.63, 3.8) is 0 Å². The summed E-state index contributed by atoms with van der Waals surface area (Å²) in [6.45, 7) is 5.03. The van der Waals surface area contributed by atoms with E-state index in [1.165, 1.54) is 0 Å². The minimum Gasteiger partial charge on any atom is -0.300 e. The fourth-order valence-electron chi connectivity index (χ4n) is 2.08. The van der Waals surface area contributed by atoms with E-state index in [0.717, 1.165) is 35.7 Å². The van der Waals surface area contributed by atoms with Gasteiger partial charge in [0.15, 0.2) is 0 Å². The molecule has 1 aliphatic carbocycles. The van der Waals surface area contributed by atoms with E-state index >= 15 is 0 Å². The van der Waals surface area contributed by atoms with Crippen LogP contribution in [-0.4, -0.2) is 38.2 Å². The summed E-state index contributed by atoms with van der Waals surface area (Å²) >= 11 is 0. The van der Waals surface area contributed by atoms with Crippen molar-refractivity contribution in [1.82, 2.24) is 4.90 Å². The highest BCUT2D eigenvalue weighted by molar-refractivity contribution is 8.72. The van der Waals surface area contributed by atoms with E-state index in [1.54, 1.807) is 12.1 Å². The summed E-state index contributed by atoms with van der Waals surface area (Å²) in [6.07, 6.45) is 2.21. The van der Waals surface area contributed by atoms with Crippen LogP contribution in [0.15, 0.2) is 29.2 Å². The predicted octanol–water partition coefficient (Wildman–Crippen LogP) is 2.90. The van der Waals surface area contributed by atoms with Crippen molar-refractivity contribution in [1.29, 1.82) is 0 Å². The van der Waals surface area contributed by atoms with Crippen LogP contribution in [-0.2, 0) is 8.87 Å². The maximum Gasteiger partial charge on any atom is 0.230 e. The molecule has 0 aliphatic heterocycles. The van der Waals surface area contributed by atoms with Gasteiger partial charge in [0, 0.05) is 11.3 Å². The van der Waals surface area contributed by atoms with E-state index in [9.17, 15) is 8.42 Å². The van der Waals surface area contributed by atoms with E-state index in [-0.39, 0.29) is 5.54 Å². The van der Waals surface area contributed by atoms with Crippen molar-refractivity contribution in [3.8, 4) is 0 Å². The van der Waals surface area contributed by atoms with Gasteiger partial charge in [0.1, 0.15) is 0 Å². The second-order valence-corrected chi connectivity index (χ2v) is 9.20. The topological polar surface area (TPSA) is 37.4 Å². The van der Waals surface area contributed by atoms with Crippen molar-refractivity contribution >= 4 is 19.7 Å². The quantitative estimate of drug-likeness (QED) is 0.757. The van der Waals surface area contributed by atoms with Gasteiger partial charge in [0.2, 0.25) is 8.87 Å². The minimum absolute atomic E-state index is 0.108. The molecule has 1 aliphatic rings. The van der Waals surface area contributed by atoms with Crippen LogP contribution in [0.3, 0.4) is 0 Å². The van der Waals surface area contributed by atoms with E-state index in [1.807, 2.05) is 19.1 Å². The number of nitrogens with zero attached hydrogens (tertiary/aromatic N) is 1. The van der Waals surface area contributed by atoms with Crippen molar-refractivity contribution < 1.29 is 8.42 Å². The Morgan fingerprint density at radius 3 is 2.32 bits per heavy atom. The van der Waals surface area contributed by atoms with Crippen molar-refractivity contribution in [2.45, 2.75) is 37.1 Å². The fourth-order valence-corrected chi connectivity index (χ4v) is 5.43. The number of hydrogen-bond acceptors (Lipinski definition) is 4. The van der Waals surface area contributed by atoms with E-state index in [0.29, 0.717) is 10.6 Å². The van der Waals surface area contributed by atoms with Crippen LogP contribution in [0.2, 0.25) is 0 Å². The fraction of sp³-hybridized carbons (Fsp3) is 0.571. The van der Waals surface area contributed by atoms with Crippen LogP contribution in [0.4, 0.5) is 0 Å². The molecule has 0 heterocycles. The van der Waals surface area contributed by atoms with Crippen molar-refractivity contribution in [2.75, 3.05) is 19.3 Å². The molecular weight excluding hydrogens is 278 g/mol. The van der Waals surface area contributed by atoms with Gasteiger partial charge in [-0.05, 0) is 56.3 Å². The SMILES string of the molecule is CCN(C)C1(CSS(=O)(=O)c2ccc(C)cc2)CC1. The van der Waals surface area contributed by atoms with Gasteiger partial charge in [-0.15, -0.1) is 0 Å². The summed E-state index contributed by atoms with van der Waals surface area (Å²) in [6, 6.07) is 7.08. The van der Waals surface area contributed by atoms with Gasteiger partial charge in [0.25, 0.3) is 0 Å². The molecule has 0 aromatic heterocycles. The zero-order valence-corrected chi connectivity index (χ0v) is 13.4. The lowest BCUT2D eigenvalue weighted by molar-refractivity contribution is 0.256. The third-order valence-electron chi connectivity index (χ3n) is 3.90. The molecule has 106 valence electrons. The summed E-state index contributed by atoms with van der Waals surface area (Å²) in [7, 11) is -0.0652. The lowest BCUT2D eigenvalue weighted by Gasteiger charge is -2.26. The minimum atomic E-state index is -3.22. The summed E-state index contributed by atoms with van der Waals surface area (Å²) in [5, 5.41) is 0. The van der Waals surface area contributed by atoms with Gasteiger partial charge < -0.3 is 4.90 Å². The third-order valence-corrected chi connectivity index (χ3v) is 7.58.